The van der Waals surface area contributed by atoms with E-state index in [1.807, 2.05) is 0 Å². The second-order valence-electron chi connectivity index (χ2n) is 6.67. The Balaban J connectivity index is 1.85. The molecular weight excluding hydrogens is 408 g/mol. The Morgan fingerprint density at radius 3 is 2.27 bits per heavy atom. The molecule has 3 aromatic carbocycles. The number of hydrogen-bond donors (Lipinski definition) is 1. The lowest BCUT2D eigenvalue weighted by atomic mass is 9.98. The molecule has 3 rings (SSSR count). The summed E-state index contributed by atoms with van der Waals surface area (Å²) in [6.07, 6.45) is -5.22. The second-order valence-corrected chi connectivity index (χ2v) is 6.67. The summed E-state index contributed by atoms with van der Waals surface area (Å²) < 4.78 is 81.2. The third-order valence-electron chi connectivity index (χ3n) is 4.51. The molecule has 0 aliphatic rings. The van der Waals surface area contributed by atoms with Crippen molar-refractivity contribution in [3.63, 3.8) is 0 Å². The van der Waals surface area contributed by atoms with Crippen molar-refractivity contribution in [3.05, 3.63) is 99.9 Å². The van der Waals surface area contributed by atoms with Crippen molar-refractivity contribution < 1.29 is 31.1 Å². The van der Waals surface area contributed by atoms with Gasteiger partial charge in [-0.2, -0.15) is 13.2 Å². The summed E-state index contributed by atoms with van der Waals surface area (Å²) in [6, 6.07) is 9.47. The number of nitrogens with one attached hydrogen (secondary N) is 1. The van der Waals surface area contributed by atoms with Gasteiger partial charge < -0.3 is 5.32 Å². The zero-order valence-corrected chi connectivity index (χ0v) is 15.6. The summed E-state index contributed by atoms with van der Waals surface area (Å²) in [6.45, 7) is 1.54. The normalized spacial score (nSPS) is 11.4. The van der Waals surface area contributed by atoms with Crippen molar-refractivity contribution in [2.24, 2.45) is 0 Å². The molecule has 0 unspecified atom stereocenters. The lowest BCUT2D eigenvalue weighted by Gasteiger charge is -2.14. The summed E-state index contributed by atoms with van der Waals surface area (Å²) in [7, 11) is 0. The molecule has 8 heteroatoms. The topological polar surface area (TPSA) is 29.1 Å². The minimum absolute atomic E-state index is 0.000750. The largest absolute Gasteiger partial charge is 0.416 e. The summed E-state index contributed by atoms with van der Waals surface area (Å²) in [5.74, 6) is -3.30. The van der Waals surface area contributed by atoms with E-state index in [9.17, 15) is 31.1 Å². The molecule has 0 aliphatic heterocycles. The first-order valence-corrected chi connectivity index (χ1v) is 8.77. The fourth-order valence-corrected chi connectivity index (χ4v) is 3.07. The second kappa shape index (κ2) is 8.22. The molecule has 0 atom stereocenters. The SMILES string of the molecule is Cc1cccc(F)c1C(=O)Nc1ccc(Cc2cc(F)ccc2C(F)(F)F)c(F)c1. The Labute approximate surface area is 168 Å². The first-order valence-electron chi connectivity index (χ1n) is 8.77. The highest BCUT2D eigenvalue weighted by molar-refractivity contribution is 6.05. The summed E-state index contributed by atoms with van der Waals surface area (Å²) in [5.41, 5.74) is -1.41. The standard InChI is InChI=1S/C22H15F6NO/c1-12-3-2-4-18(24)20(12)21(30)29-16-7-5-13(19(25)11-16)9-14-10-15(23)6-8-17(14)22(26,27)28/h2-8,10-11H,9H2,1H3,(H,29,30). The van der Waals surface area contributed by atoms with E-state index >= 15 is 0 Å². The van der Waals surface area contributed by atoms with Crippen LogP contribution < -0.4 is 5.32 Å². The van der Waals surface area contributed by atoms with Gasteiger partial charge in [0.1, 0.15) is 17.5 Å². The highest BCUT2D eigenvalue weighted by Gasteiger charge is 2.33. The van der Waals surface area contributed by atoms with Crippen molar-refractivity contribution in [3.8, 4) is 0 Å². The van der Waals surface area contributed by atoms with Crippen LogP contribution >= 0.6 is 0 Å². The zero-order valence-electron chi connectivity index (χ0n) is 15.6. The van der Waals surface area contributed by atoms with Gasteiger partial charge in [-0.15, -0.1) is 0 Å². The smallest absolute Gasteiger partial charge is 0.322 e. The Morgan fingerprint density at radius 2 is 1.63 bits per heavy atom. The van der Waals surface area contributed by atoms with Crippen molar-refractivity contribution >= 4 is 11.6 Å². The van der Waals surface area contributed by atoms with E-state index in [2.05, 4.69) is 5.32 Å². The van der Waals surface area contributed by atoms with E-state index in [-0.39, 0.29) is 16.8 Å². The van der Waals surface area contributed by atoms with Gasteiger partial charge in [0.15, 0.2) is 0 Å². The van der Waals surface area contributed by atoms with E-state index in [0.29, 0.717) is 23.8 Å². The predicted octanol–water partition coefficient (Wildman–Crippen LogP) is 6.27. The minimum atomic E-state index is -4.72. The van der Waals surface area contributed by atoms with E-state index in [1.165, 1.54) is 18.2 Å². The van der Waals surface area contributed by atoms with Crippen LogP contribution in [-0.4, -0.2) is 5.91 Å². The lowest BCUT2D eigenvalue weighted by Crippen LogP contribution is -2.15. The van der Waals surface area contributed by atoms with Crippen molar-refractivity contribution in [2.75, 3.05) is 5.32 Å². The number of carbonyl (C=O) groups excluding carboxylic acids is 1. The Morgan fingerprint density at radius 1 is 0.900 bits per heavy atom. The molecule has 3 aromatic rings. The quantitative estimate of drug-likeness (QED) is 0.492. The molecule has 0 heterocycles. The van der Waals surface area contributed by atoms with Gasteiger partial charge in [-0.1, -0.05) is 18.2 Å². The van der Waals surface area contributed by atoms with Crippen LogP contribution in [0.25, 0.3) is 0 Å². The highest BCUT2D eigenvalue weighted by atomic mass is 19.4. The molecule has 30 heavy (non-hydrogen) atoms. The average Bonchev–Trinajstić information content (AvgIpc) is 2.63. The van der Waals surface area contributed by atoms with Gasteiger partial charge in [0.2, 0.25) is 0 Å². The van der Waals surface area contributed by atoms with E-state index < -0.39 is 47.1 Å². The van der Waals surface area contributed by atoms with Gasteiger partial charge in [0.05, 0.1) is 11.1 Å². The van der Waals surface area contributed by atoms with Crippen molar-refractivity contribution in [2.45, 2.75) is 19.5 Å². The molecule has 0 spiro atoms. The third-order valence-corrected chi connectivity index (χ3v) is 4.51. The number of anilines is 1. The Hall–Kier alpha value is -3.29. The van der Waals surface area contributed by atoms with Crippen LogP contribution in [0.3, 0.4) is 0 Å². The van der Waals surface area contributed by atoms with E-state index in [0.717, 1.165) is 12.1 Å². The Bertz CT molecular complexity index is 1090. The summed E-state index contributed by atoms with van der Waals surface area (Å²) >= 11 is 0. The molecule has 0 radical (unpaired) electrons. The number of halogens is 6. The highest BCUT2D eigenvalue weighted by Crippen LogP contribution is 2.34. The fraction of sp³-hybridized carbons (Fsp3) is 0.136. The lowest BCUT2D eigenvalue weighted by molar-refractivity contribution is -0.138. The molecule has 0 aromatic heterocycles. The maximum Gasteiger partial charge on any atom is 0.416 e. The Kier molecular flexibility index (Phi) is 5.87. The van der Waals surface area contributed by atoms with Gasteiger partial charge >= 0.3 is 6.18 Å². The van der Waals surface area contributed by atoms with Gasteiger partial charge in [0.25, 0.3) is 5.91 Å². The van der Waals surface area contributed by atoms with Crippen molar-refractivity contribution in [1.82, 2.24) is 0 Å². The molecule has 2 nitrogen and oxygen atoms in total. The predicted molar refractivity (Wildman–Crippen MR) is 99.7 cm³/mol. The van der Waals surface area contributed by atoms with Gasteiger partial charge in [-0.05, 0) is 60.0 Å². The van der Waals surface area contributed by atoms with Crippen LogP contribution in [0.15, 0.2) is 54.6 Å². The minimum Gasteiger partial charge on any atom is -0.322 e. The number of aryl methyl sites for hydroxylation is 1. The number of hydrogen-bond acceptors (Lipinski definition) is 1. The third kappa shape index (κ3) is 4.64. The molecule has 0 saturated carbocycles. The fourth-order valence-electron chi connectivity index (χ4n) is 3.07. The molecule has 0 bridgehead atoms. The molecule has 0 aliphatic carbocycles. The van der Waals surface area contributed by atoms with Crippen LogP contribution in [0.4, 0.5) is 32.0 Å². The van der Waals surface area contributed by atoms with Crippen LogP contribution in [0.2, 0.25) is 0 Å². The van der Waals surface area contributed by atoms with Gasteiger partial charge in [-0.25, -0.2) is 13.2 Å². The first-order chi connectivity index (χ1) is 14.1. The van der Waals surface area contributed by atoms with Gasteiger partial charge in [-0.3, -0.25) is 4.79 Å². The monoisotopic (exact) mass is 423 g/mol. The van der Waals surface area contributed by atoms with E-state index in [1.54, 1.807) is 13.0 Å². The molecular formula is C22H15F6NO. The van der Waals surface area contributed by atoms with Crippen molar-refractivity contribution in [1.29, 1.82) is 0 Å². The number of alkyl halides is 3. The summed E-state index contributed by atoms with van der Waals surface area (Å²) in [5, 5.41) is 2.36. The number of carbonyl (C=O) groups is 1. The molecule has 1 amide bonds. The van der Waals surface area contributed by atoms with E-state index in [4.69, 9.17) is 0 Å². The molecule has 0 fully saturated rings. The zero-order chi connectivity index (χ0) is 22.1. The van der Waals surface area contributed by atoms with Crippen LogP contribution in [0, 0.1) is 24.4 Å². The maximum absolute atomic E-state index is 14.5. The van der Waals surface area contributed by atoms with Gasteiger partial charge in [0, 0.05) is 12.1 Å². The number of amides is 1. The summed E-state index contributed by atoms with van der Waals surface area (Å²) in [4.78, 5) is 12.3. The van der Waals surface area contributed by atoms with Crippen LogP contribution in [0.1, 0.15) is 32.6 Å². The average molecular weight is 423 g/mol. The van der Waals surface area contributed by atoms with Crippen LogP contribution in [0.5, 0.6) is 0 Å². The maximum atomic E-state index is 14.5. The molecule has 1 N–H and O–H groups in total. The number of rotatable bonds is 4. The van der Waals surface area contributed by atoms with Crippen LogP contribution in [-0.2, 0) is 12.6 Å². The number of benzene rings is 3. The molecule has 0 saturated heterocycles. The first kappa shape index (κ1) is 21.4. The molecule has 156 valence electrons.